The largest absolute Gasteiger partial charge is 0.310 e. The summed E-state index contributed by atoms with van der Waals surface area (Å²) in [6, 6.07) is 0.687. The van der Waals surface area contributed by atoms with E-state index in [2.05, 4.69) is 12.2 Å². The van der Waals surface area contributed by atoms with Gasteiger partial charge in [0.05, 0.1) is 5.25 Å². The lowest BCUT2D eigenvalue weighted by Crippen LogP contribution is -2.48. The van der Waals surface area contributed by atoms with E-state index in [0.29, 0.717) is 6.04 Å². The lowest BCUT2D eigenvalue weighted by atomic mass is 9.80. The molecule has 0 bridgehead atoms. The van der Waals surface area contributed by atoms with Gasteiger partial charge in [0.15, 0.2) is 9.84 Å². The maximum atomic E-state index is 11.6. The summed E-state index contributed by atoms with van der Waals surface area (Å²) in [5.41, 5.74) is 0. The Bertz CT molecular complexity index is 335. The first kappa shape index (κ1) is 12.4. The van der Waals surface area contributed by atoms with Crippen molar-refractivity contribution in [1.82, 2.24) is 5.32 Å². The highest BCUT2D eigenvalue weighted by molar-refractivity contribution is 7.91. The Kier molecular flexibility index (Phi) is 3.59. The maximum Gasteiger partial charge on any atom is 0.151 e. The third-order valence-corrected chi connectivity index (χ3v) is 6.00. The smallest absolute Gasteiger partial charge is 0.151 e. The fourth-order valence-electron chi connectivity index (χ4n) is 3.04. The molecule has 3 nitrogen and oxygen atoms in total. The minimum Gasteiger partial charge on any atom is -0.310 e. The molecule has 0 aromatic rings. The van der Waals surface area contributed by atoms with Crippen molar-refractivity contribution in [3.05, 3.63) is 0 Å². The zero-order valence-electron chi connectivity index (χ0n) is 10.3. The first-order valence-corrected chi connectivity index (χ1v) is 8.39. The van der Waals surface area contributed by atoms with Crippen LogP contribution in [0.2, 0.25) is 0 Å². The minimum atomic E-state index is -2.87. The van der Waals surface area contributed by atoms with Crippen LogP contribution in [0.15, 0.2) is 0 Å². The number of sulfone groups is 1. The van der Waals surface area contributed by atoms with Crippen molar-refractivity contribution in [2.45, 2.75) is 62.8 Å². The van der Waals surface area contributed by atoms with Gasteiger partial charge in [0.1, 0.15) is 0 Å². The standard InChI is InChI=1S/C12H23NO2S/c1-9(10-5-3-6-10)13-11-7-4-8-12(11)16(2,14)15/h9-13H,3-8H2,1-2H3. The lowest BCUT2D eigenvalue weighted by molar-refractivity contribution is 0.227. The van der Waals surface area contributed by atoms with Gasteiger partial charge in [0.2, 0.25) is 0 Å². The molecule has 0 aromatic carbocycles. The molecule has 3 atom stereocenters. The van der Waals surface area contributed by atoms with Gasteiger partial charge in [-0.05, 0) is 38.5 Å². The molecule has 0 spiro atoms. The van der Waals surface area contributed by atoms with Crippen LogP contribution >= 0.6 is 0 Å². The summed E-state index contributed by atoms with van der Waals surface area (Å²) in [7, 11) is -2.87. The van der Waals surface area contributed by atoms with Crippen LogP contribution in [0.25, 0.3) is 0 Å². The monoisotopic (exact) mass is 245 g/mol. The number of hydrogen-bond donors (Lipinski definition) is 1. The van der Waals surface area contributed by atoms with E-state index < -0.39 is 9.84 Å². The number of hydrogen-bond acceptors (Lipinski definition) is 3. The van der Waals surface area contributed by atoms with E-state index in [0.717, 1.165) is 25.2 Å². The second-order valence-electron chi connectivity index (χ2n) is 5.55. The number of nitrogens with one attached hydrogen (secondary N) is 1. The third kappa shape index (κ3) is 2.59. The van der Waals surface area contributed by atoms with Gasteiger partial charge >= 0.3 is 0 Å². The Morgan fingerprint density at radius 2 is 1.75 bits per heavy atom. The van der Waals surface area contributed by atoms with Crippen LogP contribution in [0.1, 0.15) is 45.4 Å². The Morgan fingerprint density at radius 3 is 2.25 bits per heavy atom. The lowest BCUT2D eigenvalue weighted by Gasteiger charge is -2.35. The van der Waals surface area contributed by atoms with Gasteiger partial charge in [-0.2, -0.15) is 0 Å². The zero-order valence-corrected chi connectivity index (χ0v) is 11.1. The molecule has 2 rings (SSSR count). The second-order valence-corrected chi connectivity index (χ2v) is 7.82. The van der Waals surface area contributed by atoms with E-state index in [1.165, 1.54) is 25.5 Å². The highest BCUT2D eigenvalue weighted by Crippen LogP contribution is 2.32. The molecule has 4 heteroatoms. The molecule has 2 saturated carbocycles. The summed E-state index contributed by atoms with van der Waals surface area (Å²) in [6.07, 6.45) is 8.26. The Morgan fingerprint density at radius 1 is 1.12 bits per heavy atom. The Balaban J connectivity index is 1.93. The molecule has 0 radical (unpaired) electrons. The van der Waals surface area contributed by atoms with Crippen molar-refractivity contribution in [2.24, 2.45) is 5.92 Å². The van der Waals surface area contributed by atoms with Crippen LogP contribution in [0.3, 0.4) is 0 Å². The third-order valence-electron chi connectivity index (χ3n) is 4.34. The molecule has 0 saturated heterocycles. The van der Waals surface area contributed by atoms with Gasteiger partial charge in [-0.15, -0.1) is 0 Å². The van der Waals surface area contributed by atoms with Gasteiger partial charge in [0, 0.05) is 18.3 Å². The Hall–Kier alpha value is -0.0900. The predicted octanol–water partition coefficient (Wildman–Crippen LogP) is 1.73. The fourth-order valence-corrected chi connectivity index (χ4v) is 4.45. The van der Waals surface area contributed by atoms with Crippen molar-refractivity contribution in [1.29, 1.82) is 0 Å². The maximum absolute atomic E-state index is 11.6. The quantitative estimate of drug-likeness (QED) is 0.820. The molecule has 2 aliphatic rings. The molecule has 16 heavy (non-hydrogen) atoms. The molecule has 2 fully saturated rings. The molecule has 0 amide bonds. The van der Waals surface area contributed by atoms with Crippen LogP contribution in [-0.4, -0.2) is 32.0 Å². The topological polar surface area (TPSA) is 46.2 Å². The highest BCUT2D eigenvalue weighted by atomic mass is 32.2. The molecule has 3 unspecified atom stereocenters. The molecule has 0 aromatic heterocycles. The summed E-state index contributed by atoms with van der Waals surface area (Å²) in [5.74, 6) is 0.779. The van der Waals surface area contributed by atoms with Crippen LogP contribution < -0.4 is 5.32 Å². The summed E-state index contributed by atoms with van der Waals surface area (Å²) in [5, 5.41) is 3.41. The predicted molar refractivity (Wildman–Crippen MR) is 66.2 cm³/mol. The van der Waals surface area contributed by atoms with Crippen molar-refractivity contribution >= 4 is 9.84 Å². The fraction of sp³-hybridized carbons (Fsp3) is 1.00. The van der Waals surface area contributed by atoms with Gasteiger partial charge in [0.25, 0.3) is 0 Å². The average Bonchev–Trinajstić information content (AvgIpc) is 2.47. The van der Waals surface area contributed by atoms with Crippen LogP contribution in [0.5, 0.6) is 0 Å². The molecule has 1 N–H and O–H groups in total. The van der Waals surface area contributed by atoms with Gasteiger partial charge in [-0.25, -0.2) is 8.42 Å². The van der Waals surface area contributed by atoms with Crippen LogP contribution in [0, 0.1) is 5.92 Å². The van der Waals surface area contributed by atoms with Gasteiger partial charge in [-0.1, -0.05) is 12.8 Å². The normalized spacial score (nSPS) is 33.6. The van der Waals surface area contributed by atoms with Crippen molar-refractivity contribution in [2.75, 3.05) is 6.26 Å². The minimum absolute atomic E-state index is 0.143. The second kappa shape index (κ2) is 4.65. The molecule has 94 valence electrons. The summed E-state index contributed by atoms with van der Waals surface area (Å²) in [4.78, 5) is 0. The van der Waals surface area contributed by atoms with Crippen molar-refractivity contribution in [3.8, 4) is 0 Å². The van der Waals surface area contributed by atoms with Crippen molar-refractivity contribution < 1.29 is 8.42 Å². The zero-order chi connectivity index (χ0) is 11.8. The first-order chi connectivity index (χ1) is 7.48. The van der Waals surface area contributed by atoms with Gasteiger partial charge in [-0.3, -0.25) is 0 Å². The summed E-state index contributed by atoms with van der Waals surface area (Å²) in [6.45, 7) is 2.21. The van der Waals surface area contributed by atoms with E-state index >= 15 is 0 Å². The Labute approximate surface area is 98.9 Å². The SMILES string of the molecule is CC(NC1CCCC1S(C)(=O)=O)C1CCC1. The van der Waals surface area contributed by atoms with Crippen molar-refractivity contribution in [3.63, 3.8) is 0 Å². The van der Waals surface area contributed by atoms with E-state index in [1.807, 2.05) is 0 Å². The molecule has 0 aliphatic heterocycles. The van der Waals surface area contributed by atoms with E-state index in [-0.39, 0.29) is 11.3 Å². The molecule has 2 aliphatic carbocycles. The van der Waals surface area contributed by atoms with Crippen LogP contribution in [-0.2, 0) is 9.84 Å². The highest BCUT2D eigenvalue weighted by Gasteiger charge is 2.36. The van der Waals surface area contributed by atoms with E-state index in [9.17, 15) is 8.42 Å². The van der Waals surface area contributed by atoms with E-state index in [1.54, 1.807) is 0 Å². The number of rotatable bonds is 4. The molecule has 0 heterocycles. The van der Waals surface area contributed by atoms with E-state index in [4.69, 9.17) is 0 Å². The summed E-state index contributed by atoms with van der Waals surface area (Å²) < 4.78 is 23.3. The molecular formula is C12H23NO2S. The summed E-state index contributed by atoms with van der Waals surface area (Å²) >= 11 is 0. The first-order valence-electron chi connectivity index (χ1n) is 6.43. The van der Waals surface area contributed by atoms with Gasteiger partial charge < -0.3 is 5.32 Å². The van der Waals surface area contributed by atoms with Crippen LogP contribution in [0.4, 0.5) is 0 Å². The molecular weight excluding hydrogens is 222 g/mol. The average molecular weight is 245 g/mol.